The van der Waals surface area contributed by atoms with Crippen molar-refractivity contribution in [2.24, 2.45) is 10.7 Å². The van der Waals surface area contributed by atoms with Crippen molar-refractivity contribution in [3.8, 4) is 0 Å². The first-order valence-corrected chi connectivity index (χ1v) is 10.4. The number of rotatable bonds is 6. The lowest BCUT2D eigenvalue weighted by atomic mass is 10.1. The molecule has 0 spiro atoms. The Bertz CT molecular complexity index is 951. The van der Waals surface area contributed by atoms with E-state index in [0.29, 0.717) is 18.2 Å². The van der Waals surface area contributed by atoms with Crippen molar-refractivity contribution in [2.45, 2.75) is 12.6 Å². The number of nitrogens with two attached hydrogens (primary N) is 1. The molecular weight excluding hydrogens is 398 g/mol. The van der Waals surface area contributed by atoms with Crippen molar-refractivity contribution in [3.63, 3.8) is 0 Å². The van der Waals surface area contributed by atoms with E-state index in [4.69, 9.17) is 5.73 Å². The van der Waals surface area contributed by atoms with Crippen LogP contribution >= 0.6 is 0 Å². The number of carbonyl (C=O) groups is 3. The Morgan fingerprint density at radius 3 is 2.26 bits per heavy atom. The Morgan fingerprint density at radius 1 is 1.03 bits per heavy atom. The minimum Gasteiger partial charge on any atom is -0.366 e. The van der Waals surface area contributed by atoms with Gasteiger partial charge in [-0.1, -0.05) is 30.3 Å². The standard InChI is InChI=1S/C21H27N7O3/c1-24-19-18(20(30)25(2)21(24)31)28(13-16(22)29)17(23-19)14-27-10-8-26(9-11-27)12-15-6-4-3-5-7-15/h3-7,18H,8-14H2,1-2H3,(H-,22,29)/p+1. The molecule has 2 fully saturated rings. The topological polar surface area (TPSA) is 106 Å². The largest absolute Gasteiger partial charge is 0.366 e. The van der Waals surface area contributed by atoms with E-state index < -0.39 is 23.9 Å². The molecule has 10 nitrogen and oxygen atoms in total. The average molecular weight is 427 g/mol. The third kappa shape index (κ3) is 4.21. The molecule has 1 aromatic carbocycles. The molecule has 0 radical (unpaired) electrons. The van der Waals surface area contributed by atoms with Crippen LogP contribution < -0.4 is 5.73 Å². The van der Waals surface area contributed by atoms with Gasteiger partial charge in [-0.05, 0) is 10.6 Å². The fourth-order valence-corrected chi connectivity index (χ4v) is 4.27. The van der Waals surface area contributed by atoms with Crippen LogP contribution in [-0.4, -0.2) is 113 Å². The molecule has 3 aliphatic heterocycles. The van der Waals surface area contributed by atoms with Crippen LogP contribution in [0.25, 0.3) is 0 Å². The molecule has 1 aromatic rings. The smallest absolute Gasteiger partial charge is 0.333 e. The maximum atomic E-state index is 12.8. The Balaban J connectivity index is 1.47. The Morgan fingerprint density at radius 2 is 1.65 bits per heavy atom. The number of primary amides is 1. The first kappa shape index (κ1) is 21.1. The molecule has 3 heterocycles. The van der Waals surface area contributed by atoms with Crippen molar-refractivity contribution in [3.05, 3.63) is 35.9 Å². The maximum absolute atomic E-state index is 12.8. The van der Waals surface area contributed by atoms with Crippen LogP contribution in [0.15, 0.2) is 35.3 Å². The highest BCUT2D eigenvalue weighted by Crippen LogP contribution is 2.19. The molecule has 4 rings (SSSR count). The van der Waals surface area contributed by atoms with E-state index in [9.17, 15) is 14.4 Å². The highest BCUT2D eigenvalue weighted by Gasteiger charge is 2.53. The van der Waals surface area contributed by atoms with Crippen molar-refractivity contribution in [2.75, 3.05) is 53.4 Å². The number of urea groups is 1. The number of nitrogens with zero attached hydrogens (tertiary/aromatic N) is 6. The number of amides is 4. The molecule has 2 saturated heterocycles. The fourth-order valence-electron chi connectivity index (χ4n) is 4.27. The van der Waals surface area contributed by atoms with Crippen molar-refractivity contribution >= 4 is 29.5 Å². The van der Waals surface area contributed by atoms with Gasteiger partial charge in [-0.25, -0.2) is 9.37 Å². The van der Waals surface area contributed by atoms with Crippen LogP contribution in [0.3, 0.4) is 0 Å². The van der Waals surface area contributed by atoms with Crippen molar-refractivity contribution < 1.29 is 19.0 Å². The van der Waals surface area contributed by atoms with Gasteiger partial charge in [0, 0.05) is 46.8 Å². The molecule has 1 atom stereocenters. The van der Waals surface area contributed by atoms with Crippen LogP contribution in [-0.2, 0) is 16.1 Å². The molecule has 0 bridgehead atoms. The summed E-state index contributed by atoms with van der Waals surface area (Å²) in [5.41, 5.74) is 6.74. The minimum absolute atomic E-state index is 0.122. The summed E-state index contributed by atoms with van der Waals surface area (Å²) < 4.78 is 1.63. The SMILES string of the molecule is CN1C(=O)C2C(=NC(CN3CCN(Cc4ccccc4)CC3)=[N+]2CC(N)=O)N(C)C1=O. The van der Waals surface area contributed by atoms with E-state index in [2.05, 4.69) is 39.1 Å². The van der Waals surface area contributed by atoms with Gasteiger partial charge in [-0.15, -0.1) is 0 Å². The predicted molar refractivity (Wildman–Crippen MR) is 115 cm³/mol. The van der Waals surface area contributed by atoms with Crippen LogP contribution in [0, 0.1) is 0 Å². The van der Waals surface area contributed by atoms with Gasteiger partial charge >= 0.3 is 11.9 Å². The first-order chi connectivity index (χ1) is 14.8. The summed E-state index contributed by atoms with van der Waals surface area (Å²) in [6.45, 7) is 4.80. The maximum Gasteiger partial charge on any atom is 0.333 e. The number of amidine groups is 2. The minimum atomic E-state index is -0.797. The number of hydrogen-bond acceptors (Lipinski definition) is 6. The normalized spacial score (nSPS) is 22.8. The summed E-state index contributed by atoms with van der Waals surface area (Å²) in [4.78, 5) is 48.5. The number of fused-ring (bicyclic) bond motifs is 1. The Kier molecular flexibility index (Phi) is 5.84. The second-order valence-corrected chi connectivity index (χ2v) is 8.16. The second kappa shape index (κ2) is 8.56. The summed E-state index contributed by atoms with van der Waals surface area (Å²) >= 11 is 0. The summed E-state index contributed by atoms with van der Waals surface area (Å²) in [5, 5.41) is 0. The molecule has 31 heavy (non-hydrogen) atoms. The van der Waals surface area contributed by atoms with E-state index in [1.165, 1.54) is 17.5 Å². The molecular formula is C21H28N7O3+. The molecule has 0 aliphatic carbocycles. The zero-order valence-corrected chi connectivity index (χ0v) is 17.9. The monoisotopic (exact) mass is 426 g/mol. The molecule has 164 valence electrons. The van der Waals surface area contributed by atoms with E-state index in [1.54, 1.807) is 11.6 Å². The van der Waals surface area contributed by atoms with Gasteiger partial charge < -0.3 is 5.73 Å². The number of hydrogen-bond donors (Lipinski definition) is 1. The first-order valence-electron chi connectivity index (χ1n) is 10.4. The lowest BCUT2D eigenvalue weighted by molar-refractivity contribution is -0.525. The van der Waals surface area contributed by atoms with Crippen LogP contribution in [0.4, 0.5) is 4.79 Å². The number of benzene rings is 1. The second-order valence-electron chi connectivity index (χ2n) is 8.16. The number of carbonyl (C=O) groups excluding carboxylic acids is 3. The Labute approximate surface area is 181 Å². The highest BCUT2D eigenvalue weighted by molar-refractivity contribution is 6.23. The van der Waals surface area contributed by atoms with Gasteiger partial charge in [0.25, 0.3) is 23.7 Å². The third-order valence-electron chi connectivity index (χ3n) is 6.02. The van der Waals surface area contributed by atoms with Crippen LogP contribution in [0.1, 0.15) is 5.56 Å². The lowest BCUT2D eigenvalue weighted by Gasteiger charge is -2.33. The number of imide groups is 1. The zero-order chi connectivity index (χ0) is 22.1. The summed E-state index contributed by atoms with van der Waals surface area (Å²) in [5.74, 6) is 0.00749. The van der Waals surface area contributed by atoms with Crippen LogP contribution in [0.2, 0.25) is 0 Å². The summed E-state index contributed by atoms with van der Waals surface area (Å²) in [6.07, 6.45) is 0. The number of aliphatic imine (C=N–C) groups is 1. The zero-order valence-electron chi connectivity index (χ0n) is 17.9. The molecule has 3 aliphatic rings. The fraction of sp³-hybridized carbons (Fsp3) is 0.476. The highest BCUT2D eigenvalue weighted by atomic mass is 16.2. The van der Waals surface area contributed by atoms with E-state index >= 15 is 0 Å². The van der Waals surface area contributed by atoms with Gasteiger partial charge in [0.2, 0.25) is 0 Å². The lowest BCUT2D eigenvalue weighted by Crippen LogP contribution is -2.62. The molecule has 0 aromatic heterocycles. The van der Waals surface area contributed by atoms with E-state index in [-0.39, 0.29) is 6.54 Å². The Hall–Kier alpha value is -3.11. The third-order valence-corrected chi connectivity index (χ3v) is 6.02. The molecule has 2 N–H and O–H groups in total. The van der Waals surface area contributed by atoms with Gasteiger partial charge in [0.15, 0.2) is 6.54 Å². The van der Waals surface area contributed by atoms with Gasteiger partial charge in [0.1, 0.15) is 6.54 Å². The molecule has 1 unspecified atom stereocenters. The summed E-state index contributed by atoms with van der Waals surface area (Å²) in [6, 6.07) is 9.15. The average Bonchev–Trinajstić information content (AvgIpc) is 3.10. The summed E-state index contributed by atoms with van der Waals surface area (Å²) in [7, 11) is 3.02. The molecule has 10 heteroatoms. The molecule has 4 amide bonds. The van der Waals surface area contributed by atoms with E-state index in [0.717, 1.165) is 37.6 Å². The van der Waals surface area contributed by atoms with Gasteiger partial charge in [0.05, 0.1) is 0 Å². The van der Waals surface area contributed by atoms with Crippen LogP contribution in [0.5, 0.6) is 0 Å². The van der Waals surface area contributed by atoms with E-state index in [1.807, 2.05) is 6.07 Å². The predicted octanol–water partition coefficient (Wildman–Crippen LogP) is -0.995. The van der Waals surface area contributed by atoms with Crippen molar-refractivity contribution in [1.29, 1.82) is 0 Å². The van der Waals surface area contributed by atoms with Gasteiger partial charge in [-0.2, -0.15) is 0 Å². The van der Waals surface area contributed by atoms with Gasteiger partial charge in [-0.3, -0.25) is 29.2 Å². The number of piperazine rings is 1. The molecule has 0 saturated carbocycles. The van der Waals surface area contributed by atoms with Crippen molar-refractivity contribution in [1.82, 2.24) is 19.6 Å². The number of likely N-dealkylation sites (N-methyl/N-ethyl adjacent to an activating group) is 2. The quantitative estimate of drug-likeness (QED) is 0.588.